The highest BCUT2D eigenvalue weighted by molar-refractivity contribution is 9.10. The molecular weight excluding hydrogens is 275 g/mol. The zero-order valence-electron chi connectivity index (χ0n) is 8.54. The predicted molar refractivity (Wildman–Crippen MR) is 68.4 cm³/mol. The standard InChI is InChI=1S/C11H11BrN2.ClH/c1-7-5-3-4-6-9(7)11-10(12)8(2)13-14-11;/h3-6H,1-2H3,(H,13,14);1H. The summed E-state index contributed by atoms with van der Waals surface area (Å²) < 4.78 is 1.05. The number of halogens is 2. The summed E-state index contributed by atoms with van der Waals surface area (Å²) in [6, 6.07) is 8.23. The van der Waals surface area contributed by atoms with Crippen LogP contribution in [0.5, 0.6) is 0 Å². The summed E-state index contributed by atoms with van der Waals surface area (Å²) >= 11 is 3.53. The largest absolute Gasteiger partial charge is 0.281 e. The van der Waals surface area contributed by atoms with Gasteiger partial charge < -0.3 is 0 Å². The van der Waals surface area contributed by atoms with Crippen molar-refractivity contribution in [1.82, 2.24) is 10.2 Å². The van der Waals surface area contributed by atoms with E-state index in [0.717, 1.165) is 15.9 Å². The second-order valence-electron chi connectivity index (χ2n) is 3.33. The quantitative estimate of drug-likeness (QED) is 0.847. The minimum Gasteiger partial charge on any atom is -0.281 e. The van der Waals surface area contributed by atoms with Gasteiger partial charge in [-0.15, -0.1) is 12.4 Å². The van der Waals surface area contributed by atoms with Crippen LogP contribution in [0.25, 0.3) is 11.3 Å². The van der Waals surface area contributed by atoms with Gasteiger partial charge in [0.1, 0.15) is 5.69 Å². The number of nitrogens with zero attached hydrogens (tertiary/aromatic N) is 1. The smallest absolute Gasteiger partial charge is 0.107 e. The first-order valence-electron chi connectivity index (χ1n) is 4.46. The zero-order chi connectivity index (χ0) is 10.1. The second kappa shape index (κ2) is 4.81. The van der Waals surface area contributed by atoms with E-state index in [2.05, 4.69) is 45.2 Å². The molecule has 0 aliphatic heterocycles. The Bertz CT molecular complexity index is 465. The van der Waals surface area contributed by atoms with Crippen LogP contribution >= 0.6 is 28.3 Å². The summed E-state index contributed by atoms with van der Waals surface area (Å²) in [7, 11) is 0. The van der Waals surface area contributed by atoms with E-state index in [1.54, 1.807) is 0 Å². The van der Waals surface area contributed by atoms with E-state index in [1.165, 1.54) is 11.1 Å². The van der Waals surface area contributed by atoms with E-state index in [1.807, 2.05) is 19.1 Å². The fourth-order valence-electron chi connectivity index (χ4n) is 1.43. The molecule has 0 unspecified atom stereocenters. The first-order valence-corrected chi connectivity index (χ1v) is 5.26. The van der Waals surface area contributed by atoms with Crippen LogP contribution in [0.2, 0.25) is 0 Å². The molecule has 15 heavy (non-hydrogen) atoms. The van der Waals surface area contributed by atoms with E-state index < -0.39 is 0 Å². The Morgan fingerprint density at radius 3 is 2.40 bits per heavy atom. The number of aromatic amines is 1. The van der Waals surface area contributed by atoms with Crippen molar-refractivity contribution < 1.29 is 0 Å². The third-order valence-electron chi connectivity index (χ3n) is 2.27. The maximum absolute atomic E-state index is 4.27. The molecule has 0 aliphatic rings. The van der Waals surface area contributed by atoms with Crippen LogP contribution in [-0.4, -0.2) is 10.2 Å². The SMILES string of the molecule is Cc1ccccc1-c1n[nH]c(C)c1Br.Cl. The summed E-state index contributed by atoms with van der Waals surface area (Å²) in [6.45, 7) is 4.09. The lowest BCUT2D eigenvalue weighted by atomic mass is 10.1. The summed E-state index contributed by atoms with van der Waals surface area (Å²) in [5, 5.41) is 7.24. The average Bonchev–Trinajstić information content (AvgIpc) is 2.49. The zero-order valence-corrected chi connectivity index (χ0v) is 10.9. The van der Waals surface area contributed by atoms with Crippen LogP contribution in [0.3, 0.4) is 0 Å². The number of rotatable bonds is 1. The van der Waals surface area contributed by atoms with E-state index in [4.69, 9.17) is 0 Å². The Balaban J connectivity index is 0.00000112. The van der Waals surface area contributed by atoms with Gasteiger partial charge in [-0.2, -0.15) is 5.10 Å². The molecule has 80 valence electrons. The molecule has 0 radical (unpaired) electrons. The first kappa shape index (κ1) is 12.3. The van der Waals surface area contributed by atoms with Gasteiger partial charge in [-0.3, -0.25) is 5.10 Å². The number of benzene rings is 1. The summed E-state index contributed by atoms with van der Waals surface area (Å²) in [5.41, 5.74) is 4.45. The normalized spacial score (nSPS) is 9.80. The number of H-pyrrole nitrogens is 1. The molecule has 1 aromatic carbocycles. The van der Waals surface area contributed by atoms with Gasteiger partial charge in [0.25, 0.3) is 0 Å². The average molecular weight is 288 g/mol. The molecular formula is C11H12BrClN2. The lowest BCUT2D eigenvalue weighted by molar-refractivity contribution is 1.05. The van der Waals surface area contributed by atoms with E-state index in [-0.39, 0.29) is 12.4 Å². The third kappa shape index (κ3) is 2.24. The van der Waals surface area contributed by atoms with Crippen molar-refractivity contribution in [2.75, 3.05) is 0 Å². The maximum atomic E-state index is 4.27. The molecule has 4 heteroatoms. The summed E-state index contributed by atoms with van der Waals surface area (Å²) in [5.74, 6) is 0. The number of nitrogens with one attached hydrogen (secondary N) is 1. The summed E-state index contributed by atoms with van der Waals surface area (Å²) in [6.07, 6.45) is 0. The molecule has 0 saturated heterocycles. The van der Waals surface area contributed by atoms with Gasteiger partial charge in [0.15, 0.2) is 0 Å². The van der Waals surface area contributed by atoms with E-state index in [0.29, 0.717) is 0 Å². The van der Waals surface area contributed by atoms with Crippen molar-refractivity contribution in [2.24, 2.45) is 0 Å². The molecule has 2 aromatic rings. The molecule has 0 fully saturated rings. The third-order valence-corrected chi connectivity index (χ3v) is 3.24. The fraction of sp³-hybridized carbons (Fsp3) is 0.182. The van der Waals surface area contributed by atoms with Gasteiger partial charge in [0.2, 0.25) is 0 Å². The molecule has 1 aromatic heterocycles. The number of aromatic nitrogens is 2. The van der Waals surface area contributed by atoms with Gasteiger partial charge in [-0.05, 0) is 35.3 Å². The molecule has 0 spiro atoms. The minimum atomic E-state index is 0. The highest BCUT2D eigenvalue weighted by Crippen LogP contribution is 2.30. The monoisotopic (exact) mass is 286 g/mol. The van der Waals surface area contributed by atoms with Gasteiger partial charge in [-0.1, -0.05) is 24.3 Å². The van der Waals surface area contributed by atoms with Crippen LogP contribution in [0.4, 0.5) is 0 Å². The Morgan fingerprint density at radius 1 is 1.20 bits per heavy atom. The highest BCUT2D eigenvalue weighted by Gasteiger charge is 2.10. The van der Waals surface area contributed by atoms with Crippen molar-refractivity contribution in [3.8, 4) is 11.3 Å². The van der Waals surface area contributed by atoms with Gasteiger partial charge in [0.05, 0.1) is 4.47 Å². The number of hydrogen-bond acceptors (Lipinski definition) is 1. The van der Waals surface area contributed by atoms with E-state index in [9.17, 15) is 0 Å². The second-order valence-corrected chi connectivity index (χ2v) is 4.12. The lowest BCUT2D eigenvalue weighted by Gasteiger charge is -2.01. The van der Waals surface area contributed by atoms with Gasteiger partial charge >= 0.3 is 0 Å². The Kier molecular flexibility index (Phi) is 3.94. The van der Waals surface area contributed by atoms with Crippen molar-refractivity contribution in [3.05, 3.63) is 40.0 Å². The minimum absolute atomic E-state index is 0. The van der Waals surface area contributed by atoms with Gasteiger partial charge in [-0.25, -0.2) is 0 Å². The van der Waals surface area contributed by atoms with Crippen LogP contribution in [0.15, 0.2) is 28.7 Å². The van der Waals surface area contributed by atoms with Crippen LogP contribution < -0.4 is 0 Å². The predicted octanol–water partition coefficient (Wildman–Crippen LogP) is 3.88. The molecule has 0 bridgehead atoms. The van der Waals surface area contributed by atoms with Crippen LogP contribution in [0, 0.1) is 13.8 Å². The maximum Gasteiger partial charge on any atom is 0.107 e. The van der Waals surface area contributed by atoms with Crippen LogP contribution in [-0.2, 0) is 0 Å². The van der Waals surface area contributed by atoms with E-state index >= 15 is 0 Å². The molecule has 0 saturated carbocycles. The Hall–Kier alpha value is -0.800. The van der Waals surface area contributed by atoms with Crippen molar-refractivity contribution in [2.45, 2.75) is 13.8 Å². The molecule has 0 aliphatic carbocycles. The summed E-state index contributed by atoms with van der Waals surface area (Å²) in [4.78, 5) is 0. The van der Waals surface area contributed by atoms with Crippen molar-refractivity contribution >= 4 is 28.3 Å². The fourth-order valence-corrected chi connectivity index (χ4v) is 1.82. The topological polar surface area (TPSA) is 28.7 Å². The molecule has 1 N–H and O–H groups in total. The first-order chi connectivity index (χ1) is 6.70. The van der Waals surface area contributed by atoms with Crippen molar-refractivity contribution in [3.63, 3.8) is 0 Å². The van der Waals surface area contributed by atoms with Gasteiger partial charge in [0, 0.05) is 11.3 Å². The molecule has 2 rings (SSSR count). The molecule has 2 nitrogen and oxygen atoms in total. The molecule has 0 amide bonds. The lowest BCUT2D eigenvalue weighted by Crippen LogP contribution is -1.83. The van der Waals surface area contributed by atoms with Crippen molar-refractivity contribution in [1.29, 1.82) is 0 Å². The Labute approximate surface area is 104 Å². The van der Waals surface area contributed by atoms with Crippen LogP contribution in [0.1, 0.15) is 11.3 Å². The number of aryl methyl sites for hydroxylation is 2. The highest BCUT2D eigenvalue weighted by atomic mass is 79.9. The molecule has 0 atom stereocenters. The number of hydrogen-bond donors (Lipinski definition) is 1. The molecule has 1 heterocycles. The Morgan fingerprint density at radius 2 is 1.87 bits per heavy atom.